The maximum absolute atomic E-state index is 12.2. The van der Waals surface area contributed by atoms with Gasteiger partial charge >= 0.3 is 0 Å². The average molecular weight is 1870 g/mol. The van der Waals surface area contributed by atoms with Gasteiger partial charge in [-0.1, -0.05) is 164 Å². The number of rotatable bonds is 20. The Morgan fingerprint density at radius 1 is 0.473 bits per heavy atom. The molecule has 5 unspecified atom stereocenters. The summed E-state index contributed by atoms with van der Waals surface area (Å²) in [5, 5.41) is 52.0. The maximum atomic E-state index is 12.2. The summed E-state index contributed by atoms with van der Waals surface area (Å²) in [4.78, 5) is 13.3. The number of carbonyl (C=O) groups is 1. The molecular formula is C101H164O25SSi2. The van der Waals surface area contributed by atoms with E-state index in [-0.39, 0.29) is 99.9 Å². The first-order valence-electron chi connectivity index (χ1n) is 46.2. The molecule has 5 N–H and O–H groups in total. The van der Waals surface area contributed by atoms with Crippen LogP contribution >= 0.6 is 11.8 Å². The van der Waals surface area contributed by atoms with E-state index in [0.29, 0.717) is 19.3 Å². The van der Waals surface area contributed by atoms with E-state index in [2.05, 4.69) is 162 Å². The summed E-state index contributed by atoms with van der Waals surface area (Å²) in [6, 6.07) is 10.1. The molecule has 0 amide bonds. The van der Waals surface area contributed by atoms with Crippen LogP contribution in [0.4, 0.5) is 0 Å². The largest absolute Gasteiger partial charge is 0.401 e. The molecule has 0 aliphatic carbocycles. The second kappa shape index (κ2) is 46.3. The number of thioether (sulfide) groups is 1. The smallest absolute Gasteiger partial charge is 0.193 e. The predicted octanol–water partition coefficient (Wildman–Crippen LogP) is 16.4. The van der Waals surface area contributed by atoms with Crippen LogP contribution in [0.15, 0.2) is 46.9 Å². The molecule has 0 bridgehead atoms. The lowest BCUT2D eigenvalue weighted by molar-refractivity contribution is -0.220. The maximum Gasteiger partial charge on any atom is 0.193 e. The van der Waals surface area contributed by atoms with Crippen LogP contribution in [0.5, 0.6) is 0 Å². The van der Waals surface area contributed by atoms with Crippen LogP contribution in [-0.2, 0) is 94.2 Å². The highest BCUT2D eigenvalue weighted by Gasteiger charge is 2.62. The Hall–Kier alpha value is -4.19. The molecule has 10 heterocycles. The van der Waals surface area contributed by atoms with Crippen LogP contribution in [0.25, 0.3) is 0 Å². The molecule has 1 aromatic carbocycles. The number of ether oxygens (including phenoxy) is 17. The summed E-state index contributed by atoms with van der Waals surface area (Å²) in [6.07, 6.45) is 23.9. The summed E-state index contributed by atoms with van der Waals surface area (Å²) in [5.41, 5.74) is 0.986. The molecule has 25 nitrogen and oxygen atoms in total. The van der Waals surface area contributed by atoms with Crippen molar-refractivity contribution in [3.05, 3.63) is 42.0 Å². The summed E-state index contributed by atoms with van der Waals surface area (Å²) < 4.78 is 112. The first-order valence-corrected chi connectivity index (χ1v) is 52.8. The predicted molar refractivity (Wildman–Crippen MR) is 506 cm³/mol. The van der Waals surface area contributed by atoms with Gasteiger partial charge in [0.05, 0.1) is 42.7 Å². The molecular weight excluding hydrogens is 1700 g/mol. The summed E-state index contributed by atoms with van der Waals surface area (Å²) in [6.45, 7) is 71.9. The van der Waals surface area contributed by atoms with E-state index in [1.54, 1.807) is 27.7 Å². The zero-order valence-electron chi connectivity index (χ0n) is 84.6. The third-order valence-corrected chi connectivity index (χ3v) is 36.0. The van der Waals surface area contributed by atoms with Crippen molar-refractivity contribution < 1.29 is 120 Å². The van der Waals surface area contributed by atoms with Gasteiger partial charge in [-0.15, -0.1) is 32.1 Å². The van der Waals surface area contributed by atoms with Gasteiger partial charge < -0.3 is 115 Å². The van der Waals surface area contributed by atoms with Gasteiger partial charge in [-0.25, -0.2) is 0 Å². The third kappa shape index (κ3) is 29.9. The summed E-state index contributed by atoms with van der Waals surface area (Å²) >= 11 is 1.52. The highest BCUT2D eigenvalue weighted by molar-refractivity contribution is 8.04. The number of hydrogen-bond donors (Lipinski definition) is 5. The van der Waals surface area contributed by atoms with Crippen molar-refractivity contribution in [1.82, 2.24) is 0 Å². The van der Waals surface area contributed by atoms with Gasteiger partial charge in [0.25, 0.3) is 0 Å². The number of aliphatic hydroxyl groups excluding tert-OH is 5. The normalized spacial score (nSPS) is 35.2. The fourth-order valence-electron chi connectivity index (χ4n) is 16.3. The minimum absolute atomic E-state index is 0.00211. The Bertz CT molecular complexity index is 4030. The van der Waals surface area contributed by atoms with Crippen molar-refractivity contribution in [2.24, 2.45) is 10.8 Å². The highest BCUT2D eigenvalue weighted by atomic mass is 32.2. The van der Waals surface area contributed by atoms with Crippen LogP contribution < -0.4 is 0 Å². The van der Waals surface area contributed by atoms with E-state index in [4.69, 9.17) is 121 Å². The lowest BCUT2D eigenvalue weighted by Gasteiger charge is -2.47. The molecule has 1 aromatic rings. The number of aliphatic hydroxyl groups is 5. The van der Waals surface area contributed by atoms with Crippen LogP contribution in [0.3, 0.4) is 0 Å². The van der Waals surface area contributed by atoms with Crippen molar-refractivity contribution in [2.75, 3.05) is 0 Å². The number of fused-ring (bicyclic) bond motifs is 3. The Labute approximate surface area is 782 Å². The van der Waals surface area contributed by atoms with E-state index in [9.17, 15) is 30.3 Å². The van der Waals surface area contributed by atoms with Gasteiger partial charge in [0.1, 0.15) is 110 Å². The van der Waals surface area contributed by atoms with Crippen molar-refractivity contribution >= 4 is 34.2 Å². The van der Waals surface area contributed by atoms with Gasteiger partial charge in [-0.2, -0.15) is 0 Å². The van der Waals surface area contributed by atoms with E-state index >= 15 is 0 Å². The molecule has 10 fully saturated rings. The Morgan fingerprint density at radius 3 is 1.26 bits per heavy atom. The minimum atomic E-state index is -2.07. The van der Waals surface area contributed by atoms with Crippen molar-refractivity contribution in [3.63, 3.8) is 0 Å². The zero-order chi connectivity index (χ0) is 98.5. The molecule has 129 heavy (non-hydrogen) atoms. The topological polar surface area (TPSA) is 294 Å². The van der Waals surface area contributed by atoms with E-state index in [0.717, 1.165) is 36.2 Å². The van der Waals surface area contributed by atoms with E-state index < -0.39 is 143 Å². The van der Waals surface area contributed by atoms with Crippen LogP contribution in [0, 0.1) is 83.7 Å². The number of benzene rings is 1. The van der Waals surface area contributed by atoms with Crippen molar-refractivity contribution in [3.8, 4) is 72.9 Å². The number of allylic oxidation sites excluding steroid dienone is 1. The number of hydrogen-bond acceptors (Lipinski definition) is 26. The molecule has 10 aliphatic heterocycles. The van der Waals surface area contributed by atoms with Crippen LogP contribution in [0.1, 0.15) is 267 Å². The fourth-order valence-corrected chi connectivity index (χ4v) is 19.3. The van der Waals surface area contributed by atoms with Crippen LogP contribution in [0.2, 0.25) is 36.3 Å². The summed E-state index contributed by atoms with van der Waals surface area (Å²) in [7, 11) is -4.10. The fraction of sp³-hybridized carbons (Fsp3) is 0.792. The first kappa shape index (κ1) is 115. The number of terminal acetylenes is 5. The zero-order valence-corrected chi connectivity index (χ0v) is 87.4. The SMILES string of the molecule is C#C[C@@H]1OC(C)C(C)(CC)[C@H]2OC(C)(C)O[C@@H]12.C#C[C@H](O)[C@@H]1OC(C)(C)O[C@@H]1C(=CC)CC.C#C[C@H](O)[C@@H]1OC(C)(C)O[C@@H]1[C@H](O)CC.C#C[C@H](O[Si](C)(C)C(C)(C)C)[C@@H]1OC(C)(C)O[C@@H]1C(=O)CC.C#C[C@H](O[Si](C)(C)C(C)(C)C)[C@@H]1OC(C)(C)O[C@@H]1[C@H](O)CC.CCC1(C)C(C)O[C@@H](C#CSc2ccccc2)[C@@H]2OC(C)(C)O[C@@H]21.CC[C@H]1OC(O)[C@@H]2OC(C)(C)O[C@H]12. The summed E-state index contributed by atoms with van der Waals surface area (Å²) in [5.74, 6) is 10.9. The van der Waals surface area contributed by atoms with Gasteiger partial charge in [0.15, 0.2) is 69.2 Å². The Kier molecular flexibility index (Phi) is 41.4. The van der Waals surface area contributed by atoms with Crippen molar-refractivity contribution in [2.45, 2.75) is 507 Å². The van der Waals surface area contributed by atoms with Gasteiger partial charge in [0, 0.05) is 22.1 Å². The second-order valence-corrected chi connectivity index (χ2v) is 51.7. The van der Waals surface area contributed by atoms with E-state index in [1.807, 2.05) is 135 Å². The number of carbonyl (C=O) groups excluding carboxylic acids is 1. The molecule has 28 atom stereocenters. The molecule has 11 rings (SSSR count). The minimum Gasteiger partial charge on any atom is -0.401 e. The molecule has 0 aromatic heterocycles. The average Bonchev–Trinajstić information content (AvgIpc) is 1.60. The lowest BCUT2D eigenvalue weighted by Crippen LogP contribution is -2.57. The second-order valence-electron chi connectivity index (χ2n) is 41.3. The molecule has 0 spiro atoms. The quantitative estimate of drug-likeness (QED) is 0.0351. The van der Waals surface area contributed by atoms with Crippen LogP contribution in [-0.4, -0.2) is 247 Å². The van der Waals surface area contributed by atoms with Crippen molar-refractivity contribution in [1.29, 1.82) is 0 Å². The standard InChI is InChI=1S/C20H26O3S.C17H32O4Si.C17H30O4Si.C14H22O3.C13H20O3.C11H18O4.C9H16O4/c1-6-20(5)14(2)21-16(17-18(20)23-19(3,4)22-17)12-13-24-15-10-8-7-9-11-15;2*1-10-12(18)14-15(20-17(6,7)19-14)13(11-2)21-22(8,9)16(3,4)5;1-7-10-11-12(17-13(4,5)16-11)14(6,8-2)9(3)15-10;1-6-9(7-2)11-12(10(14)8-3)16-13(4,5)15-11;1-5-7(12)9-10(8(13)6-2)15-11(3,4)14-9;1-4-5-6-7(8(10)11-5)13-9(2,3)12-6/h7-11,14,16-18H,6H2,1-5H3;2,12-15,18H,10H2,1,3-9H3;2,13-15H,10H2,1,3-9H3;1,9-12H,8H2,2-6H3;3,6,10-12,14H,7H2,1-2,4-5H3;1,7-10,12-13H,6H2,2-4H3;5-8,10H,4H2,1-3H3/t14?,16-,17-,18-,20?;12-,13+,14-,15+;13-,14+,15-;9?,10-,11-,12-,14?;10-,11+,12-;7-,8+,9-,10+;5-,6-,7-,8?/m0100001/s1. The first-order chi connectivity index (χ1) is 59.3. The third-order valence-electron chi connectivity index (χ3n) is 26.4. The molecule has 732 valence electrons. The number of Topliss-reactive ketones (excluding diaryl/α,β-unsaturated/α-hetero) is 1. The monoisotopic (exact) mass is 1870 g/mol. The molecule has 10 aliphatic rings. The highest BCUT2D eigenvalue weighted by Crippen LogP contribution is 2.52. The van der Waals surface area contributed by atoms with Gasteiger partial charge in [-0.3, -0.25) is 4.79 Å². The molecule has 28 heteroatoms. The molecule has 10 saturated heterocycles. The van der Waals surface area contributed by atoms with E-state index in [1.165, 1.54) is 11.8 Å². The Balaban J connectivity index is 0.000000269. The Morgan fingerprint density at radius 2 is 0.845 bits per heavy atom. The van der Waals surface area contributed by atoms with Gasteiger partial charge in [0.2, 0.25) is 0 Å². The lowest BCUT2D eigenvalue weighted by atomic mass is 9.72. The molecule has 0 saturated carbocycles. The van der Waals surface area contributed by atoms with Gasteiger partial charge in [-0.05, 0) is 227 Å². The molecule has 0 radical (unpaired) electrons. The number of ketones is 1.